The van der Waals surface area contributed by atoms with Crippen LogP contribution in [0.1, 0.15) is 10.4 Å². The molecule has 0 bridgehead atoms. The molecule has 0 saturated heterocycles. The van der Waals surface area contributed by atoms with Gasteiger partial charge >= 0.3 is 0 Å². The van der Waals surface area contributed by atoms with Gasteiger partial charge in [-0.3, -0.25) is 4.79 Å². The molecule has 1 aromatic heterocycles. The molecule has 6 heteroatoms. The number of anilines is 1. The number of halogens is 2. The Labute approximate surface area is 131 Å². The first-order valence-electron chi connectivity index (χ1n) is 5.89. The van der Waals surface area contributed by atoms with E-state index in [1.54, 1.807) is 36.4 Å². The smallest absolute Gasteiger partial charge is 0.206 e. The van der Waals surface area contributed by atoms with Crippen LogP contribution in [0.5, 0.6) is 0 Å². The lowest BCUT2D eigenvalue weighted by atomic mass is 10.1. The van der Waals surface area contributed by atoms with E-state index < -0.39 is 5.78 Å². The second kappa shape index (κ2) is 6.89. The second-order valence-electron chi connectivity index (χ2n) is 3.98. The van der Waals surface area contributed by atoms with Crippen LogP contribution in [-0.4, -0.2) is 10.8 Å². The van der Waals surface area contributed by atoms with E-state index in [1.165, 1.54) is 12.4 Å². The fourth-order valence-electron chi connectivity index (χ4n) is 1.55. The molecule has 0 spiro atoms. The highest BCUT2D eigenvalue weighted by Gasteiger charge is 2.14. The molecule has 0 aliphatic rings. The Morgan fingerprint density at radius 3 is 2.62 bits per heavy atom. The first kappa shape index (κ1) is 15.0. The van der Waals surface area contributed by atoms with Crippen molar-refractivity contribution in [3.05, 3.63) is 70.0 Å². The Morgan fingerprint density at radius 1 is 1.24 bits per heavy atom. The summed E-state index contributed by atoms with van der Waals surface area (Å²) in [6, 6.07) is 11.7. The molecule has 0 saturated carbocycles. The molecule has 0 radical (unpaired) electrons. The zero-order chi connectivity index (χ0) is 15.2. The summed E-state index contributed by atoms with van der Waals surface area (Å²) in [5, 5.41) is 12.7. The van der Waals surface area contributed by atoms with Crippen LogP contribution in [0, 0.1) is 11.3 Å². The van der Waals surface area contributed by atoms with Crippen molar-refractivity contribution < 1.29 is 4.79 Å². The molecule has 4 nitrogen and oxygen atoms in total. The summed E-state index contributed by atoms with van der Waals surface area (Å²) >= 11 is 11.7. The van der Waals surface area contributed by atoms with Crippen molar-refractivity contribution >= 4 is 34.8 Å². The molecular weight excluding hydrogens is 309 g/mol. The molecule has 0 aliphatic carbocycles. The minimum Gasteiger partial charge on any atom is -0.345 e. The van der Waals surface area contributed by atoms with Gasteiger partial charge in [0.15, 0.2) is 0 Å². The maximum absolute atomic E-state index is 12.2. The Bertz CT molecular complexity index is 733. The van der Waals surface area contributed by atoms with Crippen molar-refractivity contribution in [2.24, 2.45) is 0 Å². The van der Waals surface area contributed by atoms with Crippen molar-refractivity contribution in [2.75, 3.05) is 5.32 Å². The van der Waals surface area contributed by atoms with Crippen LogP contribution in [0.4, 0.5) is 5.82 Å². The molecule has 0 fully saturated rings. The number of aromatic nitrogens is 1. The fourth-order valence-corrected chi connectivity index (χ4v) is 1.88. The number of hydrogen-bond donors (Lipinski definition) is 1. The number of ketones is 1. The standard InChI is InChI=1S/C15H9Cl2N3O/c16-11-5-6-14(20-9-11)19-8-10(7-18)15(21)12-3-1-2-4-13(12)17/h1-6,8-9H,(H,19,20)/b10-8+. The summed E-state index contributed by atoms with van der Waals surface area (Å²) in [7, 11) is 0. The fraction of sp³-hybridized carbons (Fsp3) is 0. The number of nitrogens with one attached hydrogen (secondary N) is 1. The normalized spacial score (nSPS) is 10.8. The van der Waals surface area contributed by atoms with E-state index in [0.717, 1.165) is 0 Å². The van der Waals surface area contributed by atoms with Crippen molar-refractivity contribution in [1.29, 1.82) is 5.26 Å². The van der Waals surface area contributed by atoms with Crippen LogP contribution in [0.25, 0.3) is 0 Å². The van der Waals surface area contributed by atoms with E-state index in [0.29, 0.717) is 15.9 Å². The molecule has 0 aliphatic heterocycles. The van der Waals surface area contributed by atoms with Gasteiger partial charge in [0.1, 0.15) is 17.5 Å². The van der Waals surface area contributed by atoms with E-state index >= 15 is 0 Å². The summed E-state index contributed by atoms with van der Waals surface area (Å²) in [5.41, 5.74) is 0.206. The van der Waals surface area contributed by atoms with Crippen molar-refractivity contribution in [3.63, 3.8) is 0 Å². The van der Waals surface area contributed by atoms with E-state index in [2.05, 4.69) is 10.3 Å². The number of rotatable bonds is 4. The number of pyridine rings is 1. The monoisotopic (exact) mass is 317 g/mol. The van der Waals surface area contributed by atoms with E-state index in [-0.39, 0.29) is 11.1 Å². The van der Waals surface area contributed by atoms with Gasteiger partial charge in [-0.1, -0.05) is 35.3 Å². The van der Waals surface area contributed by atoms with Crippen LogP contribution in [0.15, 0.2) is 54.4 Å². The predicted molar refractivity (Wildman–Crippen MR) is 82.3 cm³/mol. The van der Waals surface area contributed by atoms with Crippen molar-refractivity contribution in [1.82, 2.24) is 4.98 Å². The maximum Gasteiger partial charge on any atom is 0.206 e. The van der Waals surface area contributed by atoms with Gasteiger partial charge in [0.25, 0.3) is 0 Å². The van der Waals surface area contributed by atoms with Crippen LogP contribution < -0.4 is 5.32 Å². The van der Waals surface area contributed by atoms with E-state index in [4.69, 9.17) is 28.5 Å². The first-order chi connectivity index (χ1) is 10.1. The number of nitrogens with zero attached hydrogens (tertiary/aromatic N) is 2. The Morgan fingerprint density at radius 2 is 2.00 bits per heavy atom. The molecule has 0 atom stereocenters. The average molecular weight is 318 g/mol. The van der Waals surface area contributed by atoms with Crippen molar-refractivity contribution in [2.45, 2.75) is 0 Å². The number of Topliss-reactive ketones (excluding diaryl/α,β-unsaturated/α-hetero) is 1. The van der Waals surface area contributed by atoms with Crippen molar-refractivity contribution in [3.8, 4) is 6.07 Å². The number of carbonyl (C=O) groups excluding carboxylic acids is 1. The molecule has 2 aromatic rings. The lowest BCUT2D eigenvalue weighted by Crippen LogP contribution is -2.05. The highest BCUT2D eigenvalue weighted by Crippen LogP contribution is 2.18. The zero-order valence-electron chi connectivity index (χ0n) is 10.7. The quantitative estimate of drug-likeness (QED) is 0.524. The van der Waals surface area contributed by atoms with Crippen LogP contribution in [0.2, 0.25) is 10.0 Å². The van der Waals surface area contributed by atoms with Gasteiger partial charge in [-0.25, -0.2) is 4.98 Å². The summed E-state index contributed by atoms with van der Waals surface area (Å²) in [4.78, 5) is 16.2. The SMILES string of the molecule is N#C/C(=C\Nc1ccc(Cl)cn1)C(=O)c1ccccc1Cl. The number of carbonyl (C=O) groups is 1. The van der Waals surface area contributed by atoms with Gasteiger partial charge in [-0.15, -0.1) is 0 Å². The molecule has 1 aromatic carbocycles. The van der Waals surface area contributed by atoms with E-state index in [9.17, 15) is 4.79 Å². The first-order valence-corrected chi connectivity index (χ1v) is 6.65. The van der Waals surface area contributed by atoms with Gasteiger partial charge < -0.3 is 5.32 Å². The molecule has 2 rings (SSSR count). The van der Waals surface area contributed by atoms with Gasteiger partial charge in [-0.05, 0) is 24.3 Å². The highest BCUT2D eigenvalue weighted by molar-refractivity contribution is 6.35. The Balaban J connectivity index is 2.22. The topological polar surface area (TPSA) is 65.8 Å². The molecule has 0 amide bonds. The summed E-state index contributed by atoms with van der Waals surface area (Å²) in [6.07, 6.45) is 2.75. The van der Waals surface area contributed by atoms with Crippen LogP contribution in [-0.2, 0) is 0 Å². The molecule has 1 N–H and O–H groups in total. The molecule has 104 valence electrons. The van der Waals surface area contributed by atoms with Gasteiger partial charge in [0.2, 0.25) is 5.78 Å². The second-order valence-corrected chi connectivity index (χ2v) is 4.83. The Hall–Kier alpha value is -2.35. The molecule has 1 heterocycles. The van der Waals surface area contributed by atoms with Crippen LogP contribution in [0.3, 0.4) is 0 Å². The van der Waals surface area contributed by atoms with Gasteiger partial charge in [-0.2, -0.15) is 5.26 Å². The minimum absolute atomic E-state index is 0.0696. The van der Waals surface area contributed by atoms with Gasteiger partial charge in [0.05, 0.1) is 10.0 Å². The third-order valence-electron chi connectivity index (χ3n) is 2.58. The van der Waals surface area contributed by atoms with E-state index in [1.807, 2.05) is 6.07 Å². The van der Waals surface area contributed by atoms with Gasteiger partial charge in [0, 0.05) is 18.0 Å². The Kier molecular flexibility index (Phi) is 4.94. The lowest BCUT2D eigenvalue weighted by Gasteiger charge is -2.03. The molecular formula is C15H9Cl2N3O. The number of allylic oxidation sites excluding steroid dienone is 1. The minimum atomic E-state index is -0.454. The average Bonchev–Trinajstić information content (AvgIpc) is 2.50. The largest absolute Gasteiger partial charge is 0.345 e. The summed E-state index contributed by atoms with van der Waals surface area (Å²) < 4.78 is 0. The highest BCUT2D eigenvalue weighted by atomic mass is 35.5. The summed E-state index contributed by atoms with van der Waals surface area (Å²) in [6.45, 7) is 0. The van der Waals surface area contributed by atoms with Crippen LogP contribution >= 0.6 is 23.2 Å². The number of hydrogen-bond acceptors (Lipinski definition) is 4. The third-order valence-corrected chi connectivity index (χ3v) is 3.13. The number of nitriles is 1. The number of benzene rings is 1. The summed E-state index contributed by atoms with van der Waals surface area (Å²) in [5.74, 6) is 0.0173. The maximum atomic E-state index is 12.2. The molecule has 21 heavy (non-hydrogen) atoms. The molecule has 0 unspecified atom stereocenters. The third kappa shape index (κ3) is 3.82. The lowest BCUT2D eigenvalue weighted by molar-refractivity contribution is 0.103. The predicted octanol–water partition coefficient (Wildman–Crippen LogP) is 4.09. The zero-order valence-corrected chi connectivity index (χ0v) is 12.2.